The second kappa shape index (κ2) is 6.51. The number of anilines is 1. The third kappa shape index (κ3) is 3.40. The van der Waals surface area contributed by atoms with E-state index in [0.29, 0.717) is 15.2 Å². The summed E-state index contributed by atoms with van der Waals surface area (Å²) in [4.78, 5) is 12.1. The van der Waals surface area contributed by atoms with E-state index in [-0.39, 0.29) is 11.8 Å². The van der Waals surface area contributed by atoms with E-state index in [1.54, 1.807) is 0 Å². The molecule has 2 aromatic rings. The molecule has 0 spiro atoms. The lowest BCUT2D eigenvalue weighted by Crippen LogP contribution is -2.37. The topological polar surface area (TPSA) is 66.9 Å². The first-order valence-electron chi connectivity index (χ1n) is 6.84. The average molecular weight is 323 g/mol. The van der Waals surface area contributed by atoms with Crippen LogP contribution < -0.4 is 10.6 Å². The van der Waals surface area contributed by atoms with Gasteiger partial charge in [0, 0.05) is 12.1 Å². The van der Waals surface area contributed by atoms with Gasteiger partial charge >= 0.3 is 0 Å². The van der Waals surface area contributed by atoms with Crippen molar-refractivity contribution in [1.82, 2.24) is 15.5 Å². The van der Waals surface area contributed by atoms with Crippen LogP contribution in [0.5, 0.6) is 0 Å². The van der Waals surface area contributed by atoms with Crippen molar-refractivity contribution in [2.24, 2.45) is 5.92 Å². The Morgan fingerprint density at radius 3 is 3.00 bits per heavy atom. The Labute approximate surface area is 131 Å². The lowest BCUT2D eigenvalue weighted by Gasteiger charge is -2.21. The van der Waals surface area contributed by atoms with Gasteiger partial charge in [-0.25, -0.2) is 0 Å². The predicted molar refractivity (Wildman–Crippen MR) is 84.6 cm³/mol. The quantitative estimate of drug-likeness (QED) is 0.912. The van der Waals surface area contributed by atoms with Crippen LogP contribution in [0.3, 0.4) is 0 Å². The Morgan fingerprint density at radius 2 is 2.24 bits per heavy atom. The smallest absolute Gasteiger partial charge is 0.230 e. The largest absolute Gasteiger partial charge is 0.316 e. The molecule has 0 radical (unpaired) electrons. The number of benzene rings is 1. The number of halogens is 1. The molecule has 5 nitrogen and oxygen atoms in total. The number of rotatable bonds is 3. The maximum Gasteiger partial charge on any atom is 0.230 e. The molecule has 2 N–H and O–H groups in total. The van der Waals surface area contributed by atoms with E-state index in [9.17, 15) is 4.79 Å². The summed E-state index contributed by atoms with van der Waals surface area (Å²) in [7, 11) is 0. The van der Waals surface area contributed by atoms with Gasteiger partial charge in [-0.3, -0.25) is 4.79 Å². The molecule has 1 fully saturated rings. The fraction of sp³-hybridized carbons (Fsp3) is 0.357. The van der Waals surface area contributed by atoms with E-state index < -0.39 is 0 Å². The Hall–Kier alpha value is -1.50. The number of piperidine rings is 1. The monoisotopic (exact) mass is 322 g/mol. The molecule has 1 aliphatic rings. The molecule has 3 rings (SSSR count). The highest BCUT2D eigenvalue weighted by atomic mass is 35.5. The standard InChI is InChI=1S/C14H15ClN4OS/c15-11-6-2-1-5-10(11)13-18-19-14(21-13)17-12(20)9-4-3-7-16-8-9/h1-2,5-6,9,16H,3-4,7-8H2,(H,17,19,20). The normalized spacial score (nSPS) is 18.4. The summed E-state index contributed by atoms with van der Waals surface area (Å²) >= 11 is 7.47. The summed E-state index contributed by atoms with van der Waals surface area (Å²) in [6.07, 6.45) is 1.94. The van der Waals surface area contributed by atoms with Gasteiger partial charge in [0.05, 0.1) is 10.9 Å². The van der Waals surface area contributed by atoms with Gasteiger partial charge in [-0.05, 0) is 25.5 Å². The highest BCUT2D eigenvalue weighted by Crippen LogP contribution is 2.31. The fourth-order valence-corrected chi connectivity index (χ4v) is 3.37. The summed E-state index contributed by atoms with van der Waals surface area (Å²) in [5, 5.41) is 16.0. The molecule has 1 unspecified atom stereocenters. The number of aromatic nitrogens is 2. The molecule has 1 aliphatic heterocycles. The first kappa shape index (κ1) is 14.4. The second-order valence-corrected chi connectivity index (χ2v) is 6.31. The van der Waals surface area contributed by atoms with Crippen LogP contribution in [-0.4, -0.2) is 29.2 Å². The highest BCUT2D eigenvalue weighted by molar-refractivity contribution is 7.18. The van der Waals surface area contributed by atoms with Crippen LogP contribution in [0.4, 0.5) is 5.13 Å². The van der Waals surface area contributed by atoms with Gasteiger partial charge in [0.25, 0.3) is 0 Å². The van der Waals surface area contributed by atoms with Crippen LogP contribution in [0.25, 0.3) is 10.6 Å². The van der Waals surface area contributed by atoms with E-state index in [1.807, 2.05) is 24.3 Å². The van der Waals surface area contributed by atoms with Crippen molar-refractivity contribution in [3.05, 3.63) is 29.3 Å². The third-order valence-electron chi connectivity index (χ3n) is 3.43. The first-order valence-corrected chi connectivity index (χ1v) is 8.03. The lowest BCUT2D eigenvalue weighted by atomic mass is 9.99. The molecule has 1 aromatic carbocycles. The highest BCUT2D eigenvalue weighted by Gasteiger charge is 2.22. The molecule has 2 heterocycles. The summed E-state index contributed by atoms with van der Waals surface area (Å²) in [5.74, 6) is 0.00970. The lowest BCUT2D eigenvalue weighted by molar-refractivity contribution is -0.120. The minimum absolute atomic E-state index is 0.00376. The molecule has 0 bridgehead atoms. The Balaban J connectivity index is 1.70. The van der Waals surface area contributed by atoms with Gasteiger partial charge in [-0.1, -0.05) is 41.1 Å². The number of hydrogen-bond acceptors (Lipinski definition) is 5. The summed E-state index contributed by atoms with van der Waals surface area (Å²) in [6.45, 7) is 1.71. The number of nitrogens with zero attached hydrogens (tertiary/aromatic N) is 2. The maximum atomic E-state index is 12.1. The first-order chi connectivity index (χ1) is 10.2. The predicted octanol–water partition coefficient (Wildman–Crippen LogP) is 2.80. The van der Waals surface area contributed by atoms with E-state index in [2.05, 4.69) is 20.8 Å². The van der Waals surface area contributed by atoms with E-state index in [4.69, 9.17) is 11.6 Å². The van der Waals surface area contributed by atoms with Crippen molar-refractivity contribution >= 4 is 34.0 Å². The zero-order chi connectivity index (χ0) is 14.7. The number of nitrogens with one attached hydrogen (secondary N) is 2. The minimum Gasteiger partial charge on any atom is -0.316 e. The van der Waals surface area contributed by atoms with Gasteiger partial charge < -0.3 is 10.6 Å². The molecular weight excluding hydrogens is 308 g/mol. The molecule has 7 heteroatoms. The van der Waals surface area contributed by atoms with Crippen LogP contribution >= 0.6 is 22.9 Å². The molecule has 21 heavy (non-hydrogen) atoms. The number of carbonyl (C=O) groups excluding carboxylic acids is 1. The van der Waals surface area contributed by atoms with Gasteiger partial charge in [-0.2, -0.15) is 0 Å². The van der Waals surface area contributed by atoms with Crippen molar-refractivity contribution < 1.29 is 4.79 Å². The second-order valence-electron chi connectivity index (χ2n) is 4.92. The Morgan fingerprint density at radius 1 is 1.38 bits per heavy atom. The van der Waals surface area contributed by atoms with Gasteiger partial charge in [-0.15, -0.1) is 10.2 Å². The fourth-order valence-electron chi connectivity index (χ4n) is 2.30. The molecule has 0 aliphatic carbocycles. The zero-order valence-corrected chi connectivity index (χ0v) is 12.9. The third-order valence-corrected chi connectivity index (χ3v) is 4.63. The van der Waals surface area contributed by atoms with Crippen molar-refractivity contribution in [3.8, 4) is 10.6 Å². The number of hydrogen-bond donors (Lipinski definition) is 2. The minimum atomic E-state index is 0.00376. The molecule has 0 saturated carbocycles. The van der Waals surface area contributed by atoms with Crippen LogP contribution in [-0.2, 0) is 4.79 Å². The molecule has 1 atom stereocenters. The maximum absolute atomic E-state index is 12.1. The number of carbonyl (C=O) groups is 1. The summed E-state index contributed by atoms with van der Waals surface area (Å²) in [5.41, 5.74) is 0.830. The zero-order valence-electron chi connectivity index (χ0n) is 11.3. The van der Waals surface area contributed by atoms with Crippen LogP contribution in [0.15, 0.2) is 24.3 Å². The van der Waals surface area contributed by atoms with Crippen LogP contribution in [0, 0.1) is 5.92 Å². The average Bonchev–Trinajstić information content (AvgIpc) is 2.97. The molecule has 1 aromatic heterocycles. The number of amides is 1. The van der Waals surface area contributed by atoms with Crippen molar-refractivity contribution in [2.45, 2.75) is 12.8 Å². The Bertz CT molecular complexity index is 639. The van der Waals surface area contributed by atoms with Crippen molar-refractivity contribution in [2.75, 3.05) is 18.4 Å². The molecule has 110 valence electrons. The SMILES string of the molecule is O=C(Nc1nnc(-c2ccccc2Cl)s1)C1CCCNC1. The summed E-state index contributed by atoms with van der Waals surface area (Å²) < 4.78 is 0. The molecule has 1 saturated heterocycles. The molecule has 1 amide bonds. The van der Waals surface area contributed by atoms with Gasteiger partial charge in [0.15, 0.2) is 5.01 Å². The van der Waals surface area contributed by atoms with Gasteiger partial charge in [0.1, 0.15) is 0 Å². The van der Waals surface area contributed by atoms with Gasteiger partial charge in [0.2, 0.25) is 11.0 Å². The van der Waals surface area contributed by atoms with E-state index in [0.717, 1.165) is 31.5 Å². The van der Waals surface area contributed by atoms with E-state index in [1.165, 1.54) is 11.3 Å². The van der Waals surface area contributed by atoms with Crippen LogP contribution in [0.1, 0.15) is 12.8 Å². The Kier molecular flexibility index (Phi) is 4.48. The van der Waals surface area contributed by atoms with E-state index >= 15 is 0 Å². The summed E-state index contributed by atoms with van der Waals surface area (Å²) in [6, 6.07) is 7.46. The molecular formula is C14H15ClN4OS. The van der Waals surface area contributed by atoms with Crippen molar-refractivity contribution in [1.29, 1.82) is 0 Å². The van der Waals surface area contributed by atoms with Crippen molar-refractivity contribution in [3.63, 3.8) is 0 Å². The van der Waals surface area contributed by atoms with Crippen LogP contribution in [0.2, 0.25) is 5.02 Å².